The summed E-state index contributed by atoms with van der Waals surface area (Å²) < 4.78 is 22.6. The fourth-order valence-electron chi connectivity index (χ4n) is 1.51. The molecule has 1 aliphatic heterocycles. The molecule has 1 rings (SSSR count). The summed E-state index contributed by atoms with van der Waals surface area (Å²) in [5.74, 6) is 1.54. The Balaban J connectivity index is 2.37. The summed E-state index contributed by atoms with van der Waals surface area (Å²) >= 11 is 0. The number of nitrogens with zero attached hydrogens (tertiary/aromatic N) is 1. The van der Waals surface area contributed by atoms with Crippen molar-refractivity contribution in [1.82, 2.24) is 10.2 Å². The second-order valence-corrected chi connectivity index (χ2v) is 5.86. The van der Waals surface area contributed by atoms with Gasteiger partial charge in [-0.25, -0.2) is 8.42 Å². The molecule has 0 bridgehead atoms. The molecule has 0 aromatic heterocycles. The second kappa shape index (κ2) is 5.87. The van der Waals surface area contributed by atoms with Crippen LogP contribution in [0.1, 0.15) is 6.42 Å². The van der Waals surface area contributed by atoms with E-state index in [-0.39, 0.29) is 23.8 Å². The molecular weight excluding hydrogens is 228 g/mol. The summed E-state index contributed by atoms with van der Waals surface area (Å²) in [5.41, 5.74) is 0. The van der Waals surface area contributed by atoms with E-state index in [1.54, 1.807) is 4.90 Å². The van der Waals surface area contributed by atoms with Gasteiger partial charge in [-0.1, -0.05) is 5.92 Å². The van der Waals surface area contributed by atoms with Crippen molar-refractivity contribution in [3.05, 3.63) is 0 Å². The molecule has 5 nitrogen and oxygen atoms in total. The molecular formula is C10H16N2O3S. The van der Waals surface area contributed by atoms with Gasteiger partial charge in [0.25, 0.3) is 0 Å². The molecule has 1 aliphatic rings. The van der Waals surface area contributed by atoms with Crippen LogP contribution in [-0.4, -0.2) is 56.9 Å². The zero-order valence-electron chi connectivity index (χ0n) is 9.11. The number of hydrogen-bond acceptors (Lipinski definition) is 4. The minimum Gasteiger partial charge on any atom is -0.340 e. The first-order chi connectivity index (χ1) is 7.55. The van der Waals surface area contributed by atoms with Crippen molar-refractivity contribution in [3.8, 4) is 12.3 Å². The zero-order chi connectivity index (χ0) is 12.0. The van der Waals surface area contributed by atoms with Crippen LogP contribution < -0.4 is 5.32 Å². The van der Waals surface area contributed by atoms with Crippen molar-refractivity contribution in [2.45, 2.75) is 6.42 Å². The van der Waals surface area contributed by atoms with Crippen molar-refractivity contribution in [2.75, 3.05) is 37.7 Å². The van der Waals surface area contributed by atoms with Crippen LogP contribution in [0.2, 0.25) is 0 Å². The fourth-order valence-corrected chi connectivity index (χ4v) is 2.40. The predicted molar refractivity (Wildman–Crippen MR) is 61.6 cm³/mol. The number of rotatable bonds is 4. The number of terminal acetylenes is 1. The highest BCUT2D eigenvalue weighted by molar-refractivity contribution is 7.91. The quantitative estimate of drug-likeness (QED) is 0.635. The first-order valence-corrected chi connectivity index (χ1v) is 7.00. The van der Waals surface area contributed by atoms with E-state index in [2.05, 4.69) is 11.2 Å². The van der Waals surface area contributed by atoms with Gasteiger partial charge in [0.15, 0.2) is 9.84 Å². The molecule has 1 saturated heterocycles. The lowest BCUT2D eigenvalue weighted by Gasteiger charge is -2.27. The van der Waals surface area contributed by atoms with Crippen molar-refractivity contribution >= 4 is 15.7 Å². The molecule has 0 aromatic carbocycles. The zero-order valence-corrected chi connectivity index (χ0v) is 9.92. The average Bonchev–Trinajstić information content (AvgIpc) is 2.27. The topological polar surface area (TPSA) is 66.5 Å². The van der Waals surface area contributed by atoms with E-state index in [4.69, 9.17) is 6.42 Å². The van der Waals surface area contributed by atoms with Gasteiger partial charge in [-0.05, 0) is 0 Å². The van der Waals surface area contributed by atoms with E-state index in [1.807, 2.05) is 0 Å². The molecule has 0 radical (unpaired) electrons. The van der Waals surface area contributed by atoms with Gasteiger partial charge in [-0.15, -0.1) is 6.42 Å². The molecule has 0 atom stereocenters. The van der Waals surface area contributed by atoms with E-state index in [1.165, 1.54) is 0 Å². The predicted octanol–water partition coefficient (Wildman–Crippen LogP) is -1.14. The molecule has 0 saturated carbocycles. The van der Waals surface area contributed by atoms with Crippen LogP contribution >= 0.6 is 0 Å². The van der Waals surface area contributed by atoms with Crippen LogP contribution in [-0.2, 0) is 14.6 Å². The van der Waals surface area contributed by atoms with Crippen LogP contribution in [0, 0.1) is 12.3 Å². The van der Waals surface area contributed by atoms with Gasteiger partial charge in [0, 0.05) is 32.6 Å². The maximum absolute atomic E-state index is 11.6. The Hall–Kier alpha value is -1.06. The van der Waals surface area contributed by atoms with Crippen LogP contribution in [0.25, 0.3) is 0 Å². The number of carbonyl (C=O) groups excluding carboxylic acids is 1. The Labute approximate surface area is 96.1 Å². The van der Waals surface area contributed by atoms with Gasteiger partial charge in [-0.3, -0.25) is 4.79 Å². The lowest BCUT2D eigenvalue weighted by atomic mass is 10.3. The second-order valence-electron chi connectivity index (χ2n) is 3.68. The lowest BCUT2D eigenvalue weighted by molar-refractivity contribution is -0.131. The molecule has 1 fully saturated rings. The van der Waals surface area contributed by atoms with E-state index < -0.39 is 9.84 Å². The summed E-state index contributed by atoms with van der Waals surface area (Å²) in [7, 11) is -3.26. The Bertz CT molecular complexity index is 377. The molecule has 6 heteroatoms. The number of sulfone groups is 1. The number of amides is 1. The normalized spacial score (nSPS) is 16.8. The maximum Gasteiger partial charge on any atom is 0.223 e. The van der Waals surface area contributed by atoms with E-state index >= 15 is 0 Å². The first-order valence-electron chi connectivity index (χ1n) is 5.17. The van der Waals surface area contributed by atoms with Gasteiger partial charge < -0.3 is 10.2 Å². The van der Waals surface area contributed by atoms with Gasteiger partial charge in [0.1, 0.15) is 5.75 Å². The Morgan fingerprint density at radius 3 is 2.56 bits per heavy atom. The fraction of sp³-hybridized carbons (Fsp3) is 0.700. The third-order valence-electron chi connectivity index (χ3n) is 2.40. The minimum absolute atomic E-state index is 0.0318. The van der Waals surface area contributed by atoms with Crippen LogP contribution in [0.3, 0.4) is 0 Å². The minimum atomic E-state index is -3.26. The van der Waals surface area contributed by atoms with Crippen molar-refractivity contribution < 1.29 is 13.2 Å². The summed E-state index contributed by atoms with van der Waals surface area (Å²) in [5, 5.41) is 3.12. The van der Waals surface area contributed by atoms with Gasteiger partial charge >= 0.3 is 0 Å². The van der Waals surface area contributed by atoms with E-state index in [9.17, 15) is 13.2 Å². The van der Waals surface area contributed by atoms with E-state index in [0.717, 1.165) is 13.1 Å². The van der Waals surface area contributed by atoms with Crippen LogP contribution in [0.5, 0.6) is 0 Å². The highest BCUT2D eigenvalue weighted by atomic mass is 32.2. The highest BCUT2D eigenvalue weighted by Crippen LogP contribution is 2.00. The van der Waals surface area contributed by atoms with Gasteiger partial charge in [-0.2, -0.15) is 0 Å². The summed E-state index contributed by atoms with van der Waals surface area (Å²) in [6.07, 6.45) is 4.96. The Kier molecular flexibility index (Phi) is 4.77. The molecule has 1 amide bonds. The van der Waals surface area contributed by atoms with Crippen molar-refractivity contribution in [1.29, 1.82) is 0 Å². The Morgan fingerprint density at radius 2 is 2.00 bits per heavy atom. The molecule has 90 valence electrons. The summed E-state index contributed by atoms with van der Waals surface area (Å²) in [4.78, 5) is 13.3. The van der Waals surface area contributed by atoms with Gasteiger partial charge in [0.05, 0.1) is 5.75 Å². The number of nitrogens with one attached hydrogen (secondary N) is 1. The number of carbonyl (C=O) groups is 1. The van der Waals surface area contributed by atoms with Crippen molar-refractivity contribution in [2.24, 2.45) is 0 Å². The smallest absolute Gasteiger partial charge is 0.223 e. The average molecular weight is 244 g/mol. The molecule has 16 heavy (non-hydrogen) atoms. The van der Waals surface area contributed by atoms with Crippen LogP contribution in [0.15, 0.2) is 0 Å². The largest absolute Gasteiger partial charge is 0.340 e. The summed E-state index contributed by atoms with van der Waals surface area (Å²) in [6, 6.07) is 0. The molecule has 0 unspecified atom stereocenters. The van der Waals surface area contributed by atoms with E-state index in [0.29, 0.717) is 13.1 Å². The third-order valence-corrected chi connectivity index (χ3v) is 3.83. The third kappa shape index (κ3) is 4.21. The maximum atomic E-state index is 11.6. The monoisotopic (exact) mass is 244 g/mol. The molecule has 0 aliphatic carbocycles. The standard InChI is InChI=1S/C10H16N2O3S/c1-2-8-16(14,15)9-3-10(13)12-6-4-11-5-7-12/h1,11H,3-9H2. The van der Waals surface area contributed by atoms with Gasteiger partial charge in [0.2, 0.25) is 5.91 Å². The molecule has 0 aromatic rings. The highest BCUT2D eigenvalue weighted by Gasteiger charge is 2.18. The first kappa shape index (κ1) is 13.0. The van der Waals surface area contributed by atoms with Crippen molar-refractivity contribution in [3.63, 3.8) is 0 Å². The summed E-state index contributed by atoms with van der Waals surface area (Å²) in [6.45, 7) is 2.83. The lowest BCUT2D eigenvalue weighted by Crippen LogP contribution is -2.46. The van der Waals surface area contributed by atoms with Crippen LogP contribution in [0.4, 0.5) is 0 Å². The molecule has 0 spiro atoms. The number of hydrogen-bond donors (Lipinski definition) is 1. The molecule has 1 N–H and O–H groups in total. The number of piperazine rings is 1. The molecule has 1 heterocycles. The SMILES string of the molecule is C#CCS(=O)(=O)CCC(=O)N1CCNCC1. The Morgan fingerprint density at radius 1 is 1.38 bits per heavy atom.